The number of aromatic nitrogens is 3. The Morgan fingerprint density at radius 3 is 2.52 bits per heavy atom. The number of carbonyl (C=O) groups is 1. The van der Waals surface area contributed by atoms with Crippen molar-refractivity contribution in [1.82, 2.24) is 19.4 Å². The van der Waals surface area contributed by atoms with E-state index >= 15 is 0 Å². The first kappa shape index (κ1) is 15.8. The summed E-state index contributed by atoms with van der Waals surface area (Å²) in [5.74, 6) is 0.612. The summed E-state index contributed by atoms with van der Waals surface area (Å²) in [6.07, 6.45) is 1.54. The third-order valence-corrected chi connectivity index (χ3v) is 3.93. The molecule has 1 aromatic carbocycles. The molecule has 0 N–H and O–H groups in total. The second-order valence-electron chi connectivity index (χ2n) is 5.31. The number of hydrogen-bond acceptors (Lipinski definition) is 3. The first-order valence-corrected chi connectivity index (χ1v) is 7.69. The SMILES string of the molecule is CN(C)C(=O)Cn1c(-c2ccc(Cl)cc2)nc2ncc(Cl)cc21. The Bertz CT molecular complexity index is 872. The van der Waals surface area contributed by atoms with Crippen molar-refractivity contribution in [3.63, 3.8) is 0 Å². The van der Waals surface area contributed by atoms with Gasteiger partial charge in [-0.25, -0.2) is 9.97 Å². The molecule has 0 aliphatic heterocycles. The number of likely N-dealkylation sites (N-methyl/N-ethyl adjacent to an activating group) is 1. The van der Waals surface area contributed by atoms with Crippen LogP contribution in [0.3, 0.4) is 0 Å². The summed E-state index contributed by atoms with van der Waals surface area (Å²) < 4.78 is 1.82. The highest BCUT2D eigenvalue weighted by Gasteiger charge is 2.17. The van der Waals surface area contributed by atoms with Gasteiger partial charge in [-0.15, -0.1) is 0 Å². The van der Waals surface area contributed by atoms with Crippen molar-refractivity contribution >= 4 is 40.3 Å². The minimum Gasteiger partial charge on any atom is -0.347 e. The van der Waals surface area contributed by atoms with Crippen LogP contribution in [0.2, 0.25) is 10.0 Å². The van der Waals surface area contributed by atoms with E-state index in [-0.39, 0.29) is 12.5 Å². The second-order valence-corrected chi connectivity index (χ2v) is 6.19. The fourth-order valence-electron chi connectivity index (χ4n) is 2.24. The molecule has 7 heteroatoms. The molecule has 0 fully saturated rings. The molecule has 0 aliphatic rings. The molecule has 0 unspecified atom stereocenters. The van der Waals surface area contributed by atoms with E-state index < -0.39 is 0 Å². The maximum Gasteiger partial charge on any atom is 0.242 e. The zero-order valence-corrected chi connectivity index (χ0v) is 14.1. The van der Waals surface area contributed by atoms with Crippen LogP contribution < -0.4 is 0 Å². The van der Waals surface area contributed by atoms with E-state index in [1.54, 1.807) is 38.5 Å². The molecule has 0 radical (unpaired) electrons. The van der Waals surface area contributed by atoms with Crippen LogP contribution in [0.15, 0.2) is 36.5 Å². The maximum atomic E-state index is 12.2. The van der Waals surface area contributed by atoms with Crippen molar-refractivity contribution in [3.05, 3.63) is 46.6 Å². The van der Waals surface area contributed by atoms with Gasteiger partial charge in [0.05, 0.1) is 10.5 Å². The predicted molar refractivity (Wildman–Crippen MR) is 91.7 cm³/mol. The third-order valence-electron chi connectivity index (χ3n) is 3.47. The van der Waals surface area contributed by atoms with Gasteiger partial charge < -0.3 is 9.47 Å². The van der Waals surface area contributed by atoms with Crippen molar-refractivity contribution in [2.24, 2.45) is 0 Å². The fourth-order valence-corrected chi connectivity index (χ4v) is 2.52. The van der Waals surface area contributed by atoms with Crippen molar-refractivity contribution in [2.45, 2.75) is 6.54 Å². The minimum atomic E-state index is -0.0421. The summed E-state index contributed by atoms with van der Waals surface area (Å²) >= 11 is 12.0. The van der Waals surface area contributed by atoms with Crippen LogP contribution in [0.4, 0.5) is 0 Å². The van der Waals surface area contributed by atoms with Crippen LogP contribution in [0.5, 0.6) is 0 Å². The van der Waals surface area contributed by atoms with Gasteiger partial charge in [0.2, 0.25) is 5.91 Å². The Balaban J connectivity index is 2.19. The number of halogens is 2. The van der Waals surface area contributed by atoms with Crippen LogP contribution >= 0.6 is 23.2 Å². The van der Waals surface area contributed by atoms with E-state index in [1.807, 2.05) is 16.7 Å². The maximum absolute atomic E-state index is 12.2. The second kappa shape index (κ2) is 6.18. The number of benzene rings is 1. The van der Waals surface area contributed by atoms with Gasteiger partial charge in [-0.3, -0.25) is 4.79 Å². The Morgan fingerprint density at radius 1 is 1.17 bits per heavy atom. The van der Waals surface area contributed by atoms with Gasteiger partial charge in [-0.2, -0.15) is 0 Å². The highest BCUT2D eigenvalue weighted by atomic mass is 35.5. The average Bonchev–Trinajstić information content (AvgIpc) is 2.86. The Labute approximate surface area is 143 Å². The summed E-state index contributed by atoms with van der Waals surface area (Å²) in [4.78, 5) is 22.5. The lowest BCUT2D eigenvalue weighted by Crippen LogP contribution is -2.26. The lowest BCUT2D eigenvalue weighted by atomic mass is 10.2. The quantitative estimate of drug-likeness (QED) is 0.727. The lowest BCUT2D eigenvalue weighted by Gasteiger charge is -2.13. The molecular formula is C16H14Cl2N4O. The monoisotopic (exact) mass is 348 g/mol. The third kappa shape index (κ3) is 3.16. The molecule has 3 rings (SSSR count). The van der Waals surface area contributed by atoms with E-state index in [1.165, 1.54) is 4.90 Å². The van der Waals surface area contributed by atoms with Crippen molar-refractivity contribution < 1.29 is 4.79 Å². The van der Waals surface area contributed by atoms with Crippen molar-refractivity contribution in [2.75, 3.05) is 14.1 Å². The first-order chi connectivity index (χ1) is 11.0. The Morgan fingerprint density at radius 2 is 1.87 bits per heavy atom. The topological polar surface area (TPSA) is 51.0 Å². The normalized spacial score (nSPS) is 11.0. The van der Waals surface area contributed by atoms with Crippen LogP contribution in [0.1, 0.15) is 0 Å². The summed E-state index contributed by atoms with van der Waals surface area (Å²) in [6.45, 7) is 0.156. The molecule has 0 saturated heterocycles. The molecule has 0 atom stereocenters. The van der Waals surface area contributed by atoms with Crippen molar-refractivity contribution in [1.29, 1.82) is 0 Å². The molecule has 2 heterocycles. The first-order valence-electron chi connectivity index (χ1n) is 6.93. The largest absolute Gasteiger partial charge is 0.347 e. The molecule has 1 amide bonds. The zero-order chi connectivity index (χ0) is 16.6. The Kier molecular flexibility index (Phi) is 4.24. The van der Waals surface area contributed by atoms with Gasteiger partial charge >= 0.3 is 0 Å². The van der Waals surface area contributed by atoms with Crippen molar-refractivity contribution in [3.8, 4) is 11.4 Å². The highest BCUT2D eigenvalue weighted by Crippen LogP contribution is 2.26. The number of hydrogen-bond donors (Lipinski definition) is 0. The van der Waals surface area contributed by atoms with E-state index in [2.05, 4.69) is 9.97 Å². The van der Waals surface area contributed by atoms with Gasteiger partial charge in [0.1, 0.15) is 12.4 Å². The van der Waals surface area contributed by atoms with E-state index in [0.29, 0.717) is 21.5 Å². The van der Waals surface area contributed by atoms with Crippen LogP contribution in [0, 0.1) is 0 Å². The number of carbonyl (C=O) groups excluding carboxylic acids is 1. The number of pyridine rings is 1. The molecule has 0 spiro atoms. The fraction of sp³-hybridized carbons (Fsp3) is 0.188. The van der Waals surface area contributed by atoms with Crippen LogP contribution in [-0.2, 0) is 11.3 Å². The molecule has 23 heavy (non-hydrogen) atoms. The number of nitrogens with zero attached hydrogens (tertiary/aromatic N) is 4. The summed E-state index contributed by atoms with van der Waals surface area (Å²) in [7, 11) is 3.43. The minimum absolute atomic E-state index is 0.0421. The average molecular weight is 349 g/mol. The molecular weight excluding hydrogens is 335 g/mol. The van der Waals surface area contributed by atoms with E-state index in [9.17, 15) is 4.79 Å². The molecule has 0 saturated carbocycles. The molecule has 0 aliphatic carbocycles. The number of imidazole rings is 1. The zero-order valence-electron chi connectivity index (χ0n) is 12.6. The molecule has 118 valence electrons. The van der Waals surface area contributed by atoms with E-state index in [4.69, 9.17) is 23.2 Å². The number of rotatable bonds is 3. The number of fused-ring (bicyclic) bond motifs is 1. The summed E-state index contributed by atoms with van der Waals surface area (Å²) in [6, 6.07) is 9.06. The molecule has 0 bridgehead atoms. The van der Waals surface area contributed by atoms with Crippen LogP contribution in [-0.4, -0.2) is 39.4 Å². The van der Waals surface area contributed by atoms with Gasteiger partial charge in [-0.1, -0.05) is 23.2 Å². The molecule has 2 aromatic heterocycles. The van der Waals surface area contributed by atoms with Gasteiger partial charge in [0, 0.05) is 30.9 Å². The van der Waals surface area contributed by atoms with Gasteiger partial charge in [-0.05, 0) is 30.3 Å². The standard InChI is InChI=1S/C16H14Cl2N4O/c1-21(2)14(23)9-22-13-7-12(18)8-19-15(13)20-16(22)10-3-5-11(17)6-4-10/h3-8H,9H2,1-2H3. The predicted octanol–water partition coefficient (Wildman–Crippen LogP) is 3.49. The highest BCUT2D eigenvalue weighted by molar-refractivity contribution is 6.31. The summed E-state index contributed by atoms with van der Waals surface area (Å²) in [5, 5.41) is 1.14. The summed E-state index contributed by atoms with van der Waals surface area (Å²) in [5.41, 5.74) is 2.12. The molecule has 5 nitrogen and oxygen atoms in total. The Hall–Kier alpha value is -2.11. The van der Waals surface area contributed by atoms with Gasteiger partial charge in [0.25, 0.3) is 0 Å². The number of amides is 1. The van der Waals surface area contributed by atoms with Gasteiger partial charge in [0.15, 0.2) is 5.65 Å². The smallest absolute Gasteiger partial charge is 0.242 e. The molecule has 3 aromatic rings. The van der Waals surface area contributed by atoms with Crippen LogP contribution in [0.25, 0.3) is 22.6 Å². The lowest BCUT2D eigenvalue weighted by molar-refractivity contribution is -0.129. The van der Waals surface area contributed by atoms with E-state index in [0.717, 1.165) is 11.1 Å².